The van der Waals surface area contributed by atoms with Crippen LogP contribution in [0.5, 0.6) is 0 Å². The lowest BCUT2D eigenvalue weighted by molar-refractivity contribution is -0.153. The van der Waals surface area contributed by atoms with Crippen LogP contribution in [0.2, 0.25) is 0 Å². The van der Waals surface area contributed by atoms with E-state index in [1.807, 2.05) is 25.7 Å². The Morgan fingerprint density at radius 1 is 1.06 bits per heavy atom. The van der Waals surface area contributed by atoms with Crippen molar-refractivity contribution in [3.63, 3.8) is 0 Å². The summed E-state index contributed by atoms with van der Waals surface area (Å²) in [6.45, 7) is 7.43. The first-order valence-electron chi connectivity index (χ1n) is 6.82. The minimum atomic E-state index is -0.286. The molecule has 0 aromatic heterocycles. The second kappa shape index (κ2) is 6.76. The van der Waals surface area contributed by atoms with Gasteiger partial charge in [0.15, 0.2) is 6.61 Å². The number of hydrogen-bond acceptors (Lipinski definition) is 3. The second-order valence-corrected chi connectivity index (χ2v) is 6.19. The van der Waals surface area contributed by atoms with E-state index in [1.165, 1.54) is 12.8 Å². The lowest BCUT2D eigenvalue weighted by atomic mass is 9.92. The molecular formula is C14H25NO3. The van der Waals surface area contributed by atoms with Gasteiger partial charge < -0.3 is 9.64 Å². The van der Waals surface area contributed by atoms with Gasteiger partial charge in [-0.2, -0.15) is 0 Å². The number of rotatable bonds is 3. The Bertz CT molecular complexity index is 286. The molecule has 0 bridgehead atoms. The molecule has 0 aromatic carbocycles. The Morgan fingerprint density at radius 2 is 1.61 bits per heavy atom. The lowest BCUT2D eigenvalue weighted by Crippen LogP contribution is -2.35. The molecule has 0 unspecified atom stereocenters. The number of hydrogen-bond donors (Lipinski definition) is 0. The molecular weight excluding hydrogens is 230 g/mol. The Morgan fingerprint density at radius 3 is 2.11 bits per heavy atom. The molecule has 1 aliphatic rings. The maximum Gasteiger partial charge on any atom is 0.306 e. The summed E-state index contributed by atoms with van der Waals surface area (Å²) in [6.07, 6.45) is 4.84. The quantitative estimate of drug-likeness (QED) is 0.727. The minimum absolute atomic E-state index is 0.0563. The number of likely N-dealkylation sites (tertiary alicyclic amines) is 1. The maximum absolute atomic E-state index is 11.9. The summed E-state index contributed by atoms with van der Waals surface area (Å²) in [7, 11) is 0. The third-order valence-corrected chi connectivity index (χ3v) is 2.99. The zero-order valence-corrected chi connectivity index (χ0v) is 11.8. The molecule has 1 heterocycles. The number of nitrogens with zero attached hydrogens (tertiary/aromatic N) is 1. The highest BCUT2D eigenvalue weighted by Crippen LogP contribution is 2.18. The van der Waals surface area contributed by atoms with Gasteiger partial charge in [-0.1, -0.05) is 33.6 Å². The molecule has 1 fully saturated rings. The molecule has 0 spiro atoms. The first-order valence-corrected chi connectivity index (χ1v) is 6.82. The molecule has 0 saturated carbocycles. The number of carbonyl (C=O) groups is 2. The van der Waals surface area contributed by atoms with Crippen molar-refractivity contribution in [2.75, 3.05) is 19.7 Å². The predicted octanol–water partition coefficient (Wildman–Crippen LogP) is 2.37. The topological polar surface area (TPSA) is 46.6 Å². The summed E-state index contributed by atoms with van der Waals surface area (Å²) in [4.78, 5) is 25.2. The smallest absolute Gasteiger partial charge is 0.306 e. The summed E-state index contributed by atoms with van der Waals surface area (Å²) in [5.41, 5.74) is -0.0945. The van der Waals surface area contributed by atoms with E-state index in [9.17, 15) is 9.59 Å². The van der Waals surface area contributed by atoms with Gasteiger partial charge in [0.05, 0.1) is 6.42 Å². The van der Waals surface area contributed by atoms with Crippen molar-refractivity contribution in [3.8, 4) is 0 Å². The van der Waals surface area contributed by atoms with Crippen molar-refractivity contribution in [1.82, 2.24) is 4.90 Å². The van der Waals surface area contributed by atoms with E-state index in [1.54, 1.807) is 0 Å². The summed E-state index contributed by atoms with van der Waals surface area (Å²) >= 11 is 0. The fourth-order valence-corrected chi connectivity index (χ4v) is 2.04. The predicted molar refractivity (Wildman–Crippen MR) is 70.1 cm³/mol. The van der Waals surface area contributed by atoms with E-state index in [4.69, 9.17) is 4.74 Å². The Hall–Kier alpha value is -1.06. The minimum Gasteiger partial charge on any atom is -0.456 e. The summed E-state index contributed by atoms with van der Waals surface area (Å²) in [5, 5.41) is 0. The van der Waals surface area contributed by atoms with Gasteiger partial charge in [-0.05, 0) is 18.3 Å². The summed E-state index contributed by atoms with van der Waals surface area (Å²) in [5.74, 6) is -0.343. The molecule has 1 rings (SSSR count). The van der Waals surface area contributed by atoms with Gasteiger partial charge >= 0.3 is 5.97 Å². The SMILES string of the molecule is CC(C)(C)CC(=O)OCC(=O)N1CCCCCC1. The van der Waals surface area contributed by atoms with E-state index in [0.717, 1.165) is 25.9 Å². The zero-order chi connectivity index (χ0) is 13.6. The molecule has 1 saturated heterocycles. The van der Waals surface area contributed by atoms with Crippen LogP contribution in [-0.4, -0.2) is 36.5 Å². The van der Waals surface area contributed by atoms with Gasteiger partial charge in [-0.3, -0.25) is 9.59 Å². The van der Waals surface area contributed by atoms with Gasteiger partial charge in [-0.15, -0.1) is 0 Å². The van der Waals surface area contributed by atoms with Crippen molar-refractivity contribution in [1.29, 1.82) is 0 Å². The van der Waals surface area contributed by atoms with Crippen LogP contribution in [0.15, 0.2) is 0 Å². The summed E-state index contributed by atoms with van der Waals surface area (Å²) < 4.78 is 5.04. The standard InChI is InChI=1S/C14H25NO3/c1-14(2,3)10-13(17)18-11-12(16)15-8-6-4-5-7-9-15/h4-11H2,1-3H3. The van der Waals surface area contributed by atoms with Crippen LogP contribution in [0.3, 0.4) is 0 Å². The Kier molecular flexibility index (Phi) is 5.63. The highest BCUT2D eigenvalue weighted by Gasteiger charge is 2.20. The molecule has 0 atom stereocenters. The van der Waals surface area contributed by atoms with Crippen molar-refractivity contribution in [2.45, 2.75) is 52.9 Å². The number of carbonyl (C=O) groups excluding carboxylic acids is 2. The molecule has 0 aliphatic carbocycles. The number of ether oxygens (including phenoxy) is 1. The highest BCUT2D eigenvalue weighted by molar-refractivity contribution is 5.80. The van der Waals surface area contributed by atoms with Crippen molar-refractivity contribution >= 4 is 11.9 Å². The largest absolute Gasteiger partial charge is 0.456 e. The van der Waals surface area contributed by atoms with E-state index in [-0.39, 0.29) is 23.9 Å². The van der Waals surface area contributed by atoms with Crippen LogP contribution in [0.1, 0.15) is 52.9 Å². The van der Waals surface area contributed by atoms with E-state index in [0.29, 0.717) is 6.42 Å². The fourth-order valence-electron chi connectivity index (χ4n) is 2.04. The number of amides is 1. The first kappa shape index (κ1) is 15.0. The van der Waals surface area contributed by atoms with Crippen LogP contribution >= 0.6 is 0 Å². The van der Waals surface area contributed by atoms with Gasteiger partial charge in [-0.25, -0.2) is 0 Å². The van der Waals surface area contributed by atoms with Crippen molar-refractivity contribution < 1.29 is 14.3 Å². The van der Waals surface area contributed by atoms with Crippen LogP contribution in [0.25, 0.3) is 0 Å². The molecule has 18 heavy (non-hydrogen) atoms. The molecule has 1 aliphatic heterocycles. The molecule has 0 N–H and O–H groups in total. The van der Waals surface area contributed by atoms with Gasteiger partial charge in [0.2, 0.25) is 0 Å². The van der Waals surface area contributed by atoms with Crippen LogP contribution in [-0.2, 0) is 14.3 Å². The van der Waals surface area contributed by atoms with Gasteiger partial charge in [0, 0.05) is 13.1 Å². The molecule has 4 heteroatoms. The zero-order valence-electron chi connectivity index (χ0n) is 11.8. The summed E-state index contributed by atoms with van der Waals surface area (Å²) in [6, 6.07) is 0. The highest BCUT2D eigenvalue weighted by atomic mass is 16.5. The van der Waals surface area contributed by atoms with Crippen molar-refractivity contribution in [3.05, 3.63) is 0 Å². The molecule has 0 radical (unpaired) electrons. The molecule has 4 nitrogen and oxygen atoms in total. The van der Waals surface area contributed by atoms with E-state index >= 15 is 0 Å². The Labute approximate surface area is 110 Å². The van der Waals surface area contributed by atoms with Gasteiger partial charge in [0.25, 0.3) is 5.91 Å². The third kappa shape index (κ3) is 6.03. The van der Waals surface area contributed by atoms with E-state index in [2.05, 4.69) is 0 Å². The normalized spacial score (nSPS) is 17.2. The fraction of sp³-hybridized carbons (Fsp3) is 0.857. The van der Waals surface area contributed by atoms with Gasteiger partial charge in [0.1, 0.15) is 0 Å². The average Bonchev–Trinajstić information content (AvgIpc) is 2.52. The van der Waals surface area contributed by atoms with Crippen LogP contribution < -0.4 is 0 Å². The maximum atomic E-state index is 11.9. The Balaban J connectivity index is 2.29. The van der Waals surface area contributed by atoms with Crippen LogP contribution in [0.4, 0.5) is 0 Å². The van der Waals surface area contributed by atoms with Crippen molar-refractivity contribution in [2.24, 2.45) is 5.41 Å². The monoisotopic (exact) mass is 255 g/mol. The molecule has 104 valence electrons. The lowest BCUT2D eigenvalue weighted by Gasteiger charge is -2.21. The van der Waals surface area contributed by atoms with E-state index < -0.39 is 0 Å². The number of esters is 1. The molecule has 1 amide bonds. The molecule has 0 aromatic rings. The van der Waals surface area contributed by atoms with Crippen LogP contribution in [0, 0.1) is 5.41 Å². The first-order chi connectivity index (χ1) is 8.38. The average molecular weight is 255 g/mol. The third-order valence-electron chi connectivity index (χ3n) is 2.99. The second-order valence-electron chi connectivity index (χ2n) is 6.19.